The first-order valence-electron chi connectivity index (χ1n) is 5.45. The summed E-state index contributed by atoms with van der Waals surface area (Å²) in [5.41, 5.74) is 5.65. The van der Waals surface area contributed by atoms with Gasteiger partial charge in [-0.3, -0.25) is 9.89 Å². The Hall–Kier alpha value is -1.59. The number of aromatic amines is 1. The van der Waals surface area contributed by atoms with Gasteiger partial charge in [-0.2, -0.15) is 4.98 Å². The molecule has 6 nitrogen and oxygen atoms in total. The van der Waals surface area contributed by atoms with Gasteiger partial charge in [-0.15, -0.1) is 5.10 Å². The Morgan fingerprint density at radius 3 is 2.88 bits per heavy atom. The van der Waals surface area contributed by atoms with Crippen molar-refractivity contribution in [1.29, 1.82) is 0 Å². The van der Waals surface area contributed by atoms with Gasteiger partial charge in [0.2, 0.25) is 11.8 Å². The molecule has 0 aliphatic heterocycles. The van der Waals surface area contributed by atoms with Crippen LogP contribution in [0.1, 0.15) is 43.7 Å². The molecular formula is C10H17N5O. The van der Waals surface area contributed by atoms with Crippen LogP contribution in [0, 0.1) is 5.41 Å². The molecule has 1 saturated carbocycles. The number of nitrogens with one attached hydrogen (secondary N) is 2. The first-order valence-corrected chi connectivity index (χ1v) is 5.45. The van der Waals surface area contributed by atoms with Crippen molar-refractivity contribution < 1.29 is 4.79 Å². The summed E-state index contributed by atoms with van der Waals surface area (Å²) in [6, 6.07) is 0.230. The van der Waals surface area contributed by atoms with E-state index < -0.39 is 0 Å². The number of carbonyl (C=O) groups is 1. The zero-order valence-electron chi connectivity index (χ0n) is 9.58. The van der Waals surface area contributed by atoms with Crippen LogP contribution >= 0.6 is 0 Å². The number of nitrogens with zero attached hydrogens (tertiary/aromatic N) is 2. The average Bonchev–Trinajstić information content (AvgIpc) is 2.73. The summed E-state index contributed by atoms with van der Waals surface area (Å²) in [7, 11) is 0. The highest BCUT2D eigenvalue weighted by atomic mass is 16.2. The number of hydrogen-bond acceptors (Lipinski definition) is 4. The Balaban J connectivity index is 1.94. The van der Waals surface area contributed by atoms with Crippen LogP contribution < -0.4 is 11.1 Å². The van der Waals surface area contributed by atoms with E-state index in [1.54, 1.807) is 0 Å². The van der Waals surface area contributed by atoms with Gasteiger partial charge < -0.3 is 11.1 Å². The van der Waals surface area contributed by atoms with Crippen LogP contribution in [0.5, 0.6) is 0 Å². The number of anilines is 1. The highest BCUT2D eigenvalue weighted by Crippen LogP contribution is 2.36. The van der Waals surface area contributed by atoms with Gasteiger partial charge in [0.1, 0.15) is 0 Å². The molecule has 1 unspecified atom stereocenters. The summed E-state index contributed by atoms with van der Waals surface area (Å²) < 4.78 is 0. The first-order chi connectivity index (χ1) is 7.46. The zero-order valence-corrected chi connectivity index (χ0v) is 9.58. The molecule has 1 aliphatic rings. The summed E-state index contributed by atoms with van der Waals surface area (Å²) in [6.07, 6.45) is 3.15. The molecule has 1 fully saturated rings. The van der Waals surface area contributed by atoms with E-state index in [1.807, 2.05) is 0 Å². The molecule has 88 valence electrons. The lowest BCUT2D eigenvalue weighted by molar-refractivity contribution is 0.0926. The second-order valence-corrected chi connectivity index (χ2v) is 5.12. The van der Waals surface area contributed by atoms with Crippen molar-refractivity contribution in [3.8, 4) is 0 Å². The number of hydrogen-bond donors (Lipinski definition) is 3. The van der Waals surface area contributed by atoms with E-state index in [0.29, 0.717) is 5.41 Å². The smallest absolute Gasteiger partial charge is 0.288 e. The molecule has 0 spiro atoms. The molecule has 0 radical (unpaired) electrons. The van der Waals surface area contributed by atoms with Gasteiger partial charge in [0, 0.05) is 6.04 Å². The Labute approximate surface area is 94.0 Å². The summed E-state index contributed by atoms with van der Waals surface area (Å²) >= 11 is 0. The predicted octanol–water partition coefficient (Wildman–Crippen LogP) is 0.695. The van der Waals surface area contributed by atoms with Crippen LogP contribution in [0.25, 0.3) is 0 Å². The largest absolute Gasteiger partial charge is 0.366 e. The molecule has 4 N–H and O–H groups in total. The lowest BCUT2D eigenvalue weighted by Gasteiger charge is -2.17. The molecule has 1 aromatic heterocycles. The van der Waals surface area contributed by atoms with Crippen molar-refractivity contribution in [2.24, 2.45) is 5.41 Å². The summed E-state index contributed by atoms with van der Waals surface area (Å²) in [5.74, 6) is 0.0472. The van der Waals surface area contributed by atoms with Crippen LogP contribution in [0.2, 0.25) is 0 Å². The minimum absolute atomic E-state index is 0.0944. The number of nitrogen functional groups attached to an aromatic ring is 1. The monoisotopic (exact) mass is 223 g/mol. The highest BCUT2D eigenvalue weighted by molar-refractivity contribution is 5.90. The Morgan fingerprint density at radius 2 is 2.38 bits per heavy atom. The maximum atomic E-state index is 11.7. The van der Waals surface area contributed by atoms with E-state index in [0.717, 1.165) is 19.3 Å². The molecule has 1 heterocycles. The predicted molar refractivity (Wildman–Crippen MR) is 59.7 cm³/mol. The van der Waals surface area contributed by atoms with Crippen molar-refractivity contribution in [2.45, 2.75) is 39.2 Å². The maximum absolute atomic E-state index is 11.7. The third kappa shape index (κ3) is 2.32. The summed E-state index contributed by atoms with van der Waals surface area (Å²) in [4.78, 5) is 15.5. The molecule has 1 atom stereocenters. The van der Waals surface area contributed by atoms with E-state index in [1.165, 1.54) is 0 Å². The zero-order chi connectivity index (χ0) is 11.8. The molecule has 0 aromatic carbocycles. The molecule has 2 rings (SSSR count). The fourth-order valence-electron chi connectivity index (χ4n) is 2.19. The SMILES string of the molecule is CC1(C)CCC(NC(=O)c2nc(N)n[nH]2)C1. The van der Waals surface area contributed by atoms with Gasteiger partial charge in [-0.05, 0) is 24.7 Å². The molecule has 0 saturated heterocycles. The molecule has 1 aliphatic carbocycles. The third-order valence-electron chi connectivity index (χ3n) is 3.02. The molecular weight excluding hydrogens is 206 g/mol. The van der Waals surface area contributed by atoms with Crippen molar-refractivity contribution in [1.82, 2.24) is 20.5 Å². The number of rotatable bonds is 2. The van der Waals surface area contributed by atoms with Crippen LogP contribution in [0.4, 0.5) is 5.95 Å². The third-order valence-corrected chi connectivity index (χ3v) is 3.02. The van der Waals surface area contributed by atoms with Crippen LogP contribution in [-0.2, 0) is 0 Å². The van der Waals surface area contributed by atoms with Gasteiger partial charge in [0.25, 0.3) is 5.91 Å². The van der Waals surface area contributed by atoms with Crippen LogP contribution in [-0.4, -0.2) is 27.1 Å². The quantitative estimate of drug-likeness (QED) is 0.687. The fraction of sp³-hybridized carbons (Fsp3) is 0.700. The van der Waals surface area contributed by atoms with E-state index in [4.69, 9.17) is 5.73 Å². The normalized spacial score (nSPS) is 23.2. The van der Waals surface area contributed by atoms with Gasteiger partial charge in [-0.1, -0.05) is 13.8 Å². The Kier molecular flexibility index (Phi) is 2.57. The van der Waals surface area contributed by atoms with Crippen molar-refractivity contribution in [3.05, 3.63) is 5.82 Å². The topological polar surface area (TPSA) is 96.7 Å². The van der Waals surface area contributed by atoms with Crippen molar-refractivity contribution in [3.63, 3.8) is 0 Å². The average molecular weight is 223 g/mol. The lowest BCUT2D eigenvalue weighted by Crippen LogP contribution is -2.34. The molecule has 6 heteroatoms. The lowest BCUT2D eigenvalue weighted by atomic mass is 9.92. The molecule has 16 heavy (non-hydrogen) atoms. The van der Waals surface area contributed by atoms with Crippen LogP contribution in [0.15, 0.2) is 0 Å². The second-order valence-electron chi connectivity index (χ2n) is 5.12. The Bertz CT molecular complexity index is 398. The summed E-state index contributed by atoms with van der Waals surface area (Å²) in [6.45, 7) is 4.43. The number of nitrogens with two attached hydrogens (primary N) is 1. The number of aromatic nitrogens is 3. The molecule has 1 aromatic rings. The summed E-state index contributed by atoms with van der Waals surface area (Å²) in [5, 5.41) is 9.06. The first kappa shape index (κ1) is 10.9. The molecule has 1 amide bonds. The maximum Gasteiger partial charge on any atom is 0.288 e. The van der Waals surface area contributed by atoms with E-state index in [2.05, 4.69) is 34.3 Å². The number of amides is 1. The van der Waals surface area contributed by atoms with Gasteiger partial charge >= 0.3 is 0 Å². The standard InChI is InChI=1S/C10H17N5O/c1-10(2)4-3-6(5-10)12-8(16)7-13-9(11)15-14-7/h6H,3-5H2,1-2H3,(H,12,16)(H3,11,13,14,15). The van der Waals surface area contributed by atoms with E-state index in [9.17, 15) is 4.79 Å². The minimum atomic E-state index is -0.230. The molecule has 0 bridgehead atoms. The number of H-pyrrole nitrogens is 1. The van der Waals surface area contributed by atoms with Gasteiger partial charge in [0.05, 0.1) is 0 Å². The van der Waals surface area contributed by atoms with E-state index >= 15 is 0 Å². The highest BCUT2D eigenvalue weighted by Gasteiger charge is 2.32. The second kappa shape index (κ2) is 3.77. The van der Waals surface area contributed by atoms with Crippen molar-refractivity contribution >= 4 is 11.9 Å². The van der Waals surface area contributed by atoms with Gasteiger partial charge in [0.15, 0.2) is 0 Å². The van der Waals surface area contributed by atoms with E-state index in [-0.39, 0.29) is 23.7 Å². The van der Waals surface area contributed by atoms with Crippen LogP contribution in [0.3, 0.4) is 0 Å². The minimum Gasteiger partial charge on any atom is -0.366 e. The van der Waals surface area contributed by atoms with Gasteiger partial charge in [-0.25, -0.2) is 0 Å². The number of carbonyl (C=O) groups excluding carboxylic acids is 1. The Morgan fingerprint density at radius 1 is 1.62 bits per heavy atom. The fourth-order valence-corrected chi connectivity index (χ4v) is 2.19. The van der Waals surface area contributed by atoms with Crippen molar-refractivity contribution in [2.75, 3.05) is 5.73 Å².